The minimum Gasteiger partial charge on any atom is -0.478 e. The molecule has 21 heavy (non-hydrogen) atoms. The first kappa shape index (κ1) is 15.3. The van der Waals surface area contributed by atoms with E-state index < -0.39 is 5.97 Å². The van der Waals surface area contributed by atoms with Crippen LogP contribution in [0.25, 0.3) is 0 Å². The minimum absolute atomic E-state index is 0.00385. The van der Waals surface area contributed by atoms with Gasteiger partial charge in [-0.15, -0.1) is 0 Å². The van der Waals surface area contributed by atoms with Crippen LogP contribution in [0.3, 0.4) is 0 Å². The molecule has 0 saturated heterocycles. The molecular formula is C15H20N2O4. The van der Waals surface area contributed by atoms with Crippen LogP contribution in [0.4, 0.5) is 10.5 Å². The highest BCUT2D eigenvalue weighted by molar-refractivity contribution is 5.97. The Hall–Kier alpha value is -2.08. The van der Waals surface area contributed by atoms with E-state index >= 15 is 0 Å². The number of urea groups is 1. The first-order valence-electron chi connectivity index (χ1n) is 6.96. The quantitative estimate of drug-likeness (QED) is 0.868. The summed E-state index contributed by atoms with van der Waals surface area (Å²) in [7, 11) is 1.62. The van der Waals surface area contributed by atoms with E-state index in [1.165, 1.54) is 0 Å². The van der Waals surface area contributed by atoms with E-state index in [1.54, 1.807) is 30.2 Å². The van der Waals surface area contributed by atoms with Crippen molar-refractivity contribution in [2.24, 2.45) is 0 Å². The SMILES string of the molecule is COCCC(C)NC(=O)N1CCc2ccc(C(=O)O)cc21. The van der Waals surface area contributed by atoms with Gasteiger partial charge in [-0.1, -0.05) is 6.07 Å². The molecule has 2 rings (SSSR count). The number of fused-ring (bicyclic) bond motifs is 1. The molecule has 1 aliphatic rings. The van der Waals surface area contributed by atoms with Crippen molar-refractivity contribution in [2.75, 3.05) is 25.2 Å². The van der Waals surface area contributed by atoms with Gasteiger partial charge in [0.05, 0.1) is 5.56 Å². The lowest BCUT2D eigenvalue weighted by Crippen LogP contribution is -2.43. The molecule has 0 radical (unpaired) electrons. The van der Waals surface area contributed by atoms with Crippen LogP contribution in [0.15, 0.2) is 18.2 Å². The molecule has 0 aromatic heterocycles. The summed E-state index contributed by atoms with van der Waals surface area (Å²) in [5, 5.41) is 12.0. The van der Waals surface area contributed by atoms with E-state index in [0.717, 1.165) is 18.4 Å². The highest BCUT2D eigenvalue weighted by Crippen LogP contribution is 2.29. The molecule has 1 aromatic rings. The predicted molar refractivity (Wildman–Crippen MR) is 78.9 cm³/mol. The van der Waals surface area contributed by atoms with Crippen LogP contribution in [0, 0.1) is 0 Å². The normalized spacial score (nSPS) is 14.7. The van der Waals surface area contributed by atoms with Crippen LogP contribution >= 0.6 is 0 Å². The van der Waals surface area contributed by atoms with Gasteiger partial charge in [0.1, 0.15) is 0 Å². The Labute approximate surface area is 123 Å². The van der Waals surface area contributed by atoms with E-state index in [9.17, 15) is 9.59 Å². The fraction of sp³-hybridized carbons (Fsp3) is 0.467. The largest absolute Gasteiger partial charge is 0.478 e. The fourth-order valence-corrected chi connectivity index (χ4v) is 2.38. The number of amides is 2. The van der Waals surface area contributed by atoms with Crippen molar-refractivity contribution in [3.8, 4) is 0 Å². The molecule has 0 aliphatic carbocycles. The first-order chi connectivity index (χ1) is 10.0. The number of carboxylic acids is 1. The molecule has 0 bridgehead atoms. The monoisotopic (exact) mass is 292 g/mol. The maximum absolute atomic E-state index is 12.3. The average molecular weight is 292 g/mol. The molecule has 1 atom stereocenters. The maximum atomic E-state index is 12.3. The van der Waals surface area contributed by atoms with Gasteiger partial charge in [-0.3, -0.25) is 4.90 Å². The van der Waals surface area contributed by atoms with Gasteiger partial charge >= 0.3 is 12.0 Å². The molecule has 2 N–H and O–H groups in total. The second kappa shape index (κ2) is 6.58. The molecule has 0 saturated carbocycles. The molecule has 6 nitrogen and oxygen atoms in total. The van der Waals surface area contributed by atoms with Gasteiger partial charge in [0.2, 0.25) is 0 Å². The zero-order valence-corrected chi connectivity index (χ0v) is 12.3. The van der Waals surface area contributed by atoms with Gasteiger partial charge in [0, 0.05) is 32.0 Å². The summed E-state index contributed by atoms with van der Waals surface area (Å²) < 4.78 is 4.99. The van der Waals surface area contributed by atoms with Crippen molar-refractivity contribution < 1.29 is 19.4 Å². The van der Waals surface area contributed by atoms with Gasteiger partial charge in [-0.05, 0) is 37.5 Å². The van der Waals surface area contributed by atoms with Crippen LogP contribution in [-0.2, 0) is 11.2 Å². The molecule has 114 valence electrons. The number of carbonyl (C=O) groups excluding carboxylic acids is 1. The highest BCUT2D eigenvalue weighted by atomic mass is 16.5. The minimum atomic E-state index is -0.987. The smallest absolute Gasteiger partial charge is 0.335 e. The predicted octanol–water partition coefficient (Wildman–Crippen LogP) is 1.88. The zero-order valence-electron chi connectivity index (χ0n) is 12.3. The first-order valence-corrected chi connectivity index (χ1v) is 6.96. The van der Waals surface area contributed by atoms with E-state index in [-0.39, 0.29) is 17.6 Å². The summed E-state index contributed by atoms with van der Waals surface area (Å²) in [4.78, 5) is 24.9. The van der Waals surface area contributed by atoms with Gasteiger partial charge in [0.15, 0.2) is 0 Å². The molecule has 2 amide bonds. The van der Waals surface area contributed by atoms with E-state index in [1.807, 2.05) is 6.92 Å². The van der Waals surface area contributed by atoms with Crippen molar-refractivity contribution in [1.82, 2.24) is 5.32 Å². The van der Waals surface area contributed by atoms with E-state index in [4.69, 9.17) is 9.84 Å². The summed E-state index contributed by atoms with van der Waals surface area (Å²) in [6.45, 7) is 3.07. The summed E-state index contributed by atoms with van der Waals surface area (Å²) in [5.41, 5.74) is 1.88. The molecule has 6 heteroatoms. The van der Waals surface area contributed by atoms with E-state index in [0.29, 0.717) is 18.8 Å². The molecular weight excluding hydrogens is 272 g/mol. The number of carboxylic acid groups (broad SMARTS) is 1. The summed E-state index contributed by atoms with van der Waals surface area (Å²) >= 11 is 0. The Morgan fingerprint density at radius 1 is 1.48 bits per heavy atom. The average Bonchev–Trinajstić information content (AvgIpc) is 2.87. The number of nitrogens with zero attached hydrogens (tertiary/aromatic N) is 1. The number of anilines is 1. The van der Waals surface area contributed by atoms with Crippen molar-refractivity contribution >= 4 is 17.7 Å². The molecule has 1 heterocycles. The third-order valence-corrected chi connectivity index (χ3v) is 3.60. The Morgan fingerprint density at radius 2 is 2.24 bits per heavy atom. The van der Waals surface area contributed by atoms with Crippen LogP contribution in [0.5, 0.6) is 0 Å². The molecule has 1 aliphatic heterocycles. The number of nitrogens with one attached hydrogen (secondary N) is 1. The van der Waals surface area contributed by atoms with Crippen LogP contribution < -0.4 is 10.2 Å². The Balaban J connectivity index is 2.08. The number of benzene rings is 1. The highest BCUT2D eigenvalue weighted by Gasteiger charge is 2.26. The van der Waals surface area contributed by atoms with Crippen LogP contribution in [0.2, 0.25) is 0 Å². The second-order valence-electron chi connectivity index (χ2n) is 5.18. The summed E-state index contributed by atoms with van der Waals surface area (Å²) in [5.74, 6) is -0.987. The Bertz CT molecular complexity index is 544. The maximum Gasteiger partial charge on any atom is 0.335 e. The lowest BCUT2D eigenvalue weighted by atomic mass is 10.1. The number of carbonyl (C=O) groups is 2. The number of hydrogen-bond donors (Lipinski definition) is 2. The van der Waals surface area contributed by atoms with E-state index in [2.05, 4.69) is 5.32 Å². The fourth-order valence-electron chi connectivity index (χ4n) is 2.38. The van der Waals surface area contributed by atoms with Gasteiger partial charge < -0.3 is 15.2 Å². The number of ether oxygens (including phenoxy) is 1. The summed E-state index contributed by atoms with van der Waals surface area (Å²) in [6, 6.07) is 4.72. The van der Waals surface area contributed by atoms with Crippen molar-refractivity contribution in [3.63, 3.8) is 0 Å². The standard InChI is InChI=1S/C15H20N2O4/c1-10(6-8-21-2)16-15(20)17-7-5-11-3-4-12(14(18)19)9-13(11)17/h3-4,9-10H,5-8H2,1-2H3,(H,16,20)(H,18,19). The van der Waals surface area contributed by atoms with Gasteiger partial charge in [-0.25, -0.2) is 9.59 Å². The van der Waals surface area contributed by atoms with Crippen molar-refractivity contribution in [1.29, 1.82) is 0 Å². The zero-order chi connectivity index (χ0) is 15.4. The van der Waals surface area contributed by atoms with Crippen molar-refractivity contribution in [2.45, 2.75) is 25.8 Å². The van der Waals surface area contributed by atoms with Crippen molar-refractivity contribution in [3.05, 3.63) is 29.3 Å². The number of aromatic carboxylic acids is 1. The Kier molecular flexibility index (Phi) is 4.80. The number of rotatable bonds is 5. The van der Waals surface area contributed by atoms with Gasteiger partial charge in [-0.2, -0.15) is 0 Å². The number of methoxy groups -OCH3 is 1. The summed E-state index contributed by atoms with van der Waals surface area (Å²) in [6.07, 6.45) is 1.48. The Morgan fingerprint density at radius 3 is 2.90 bits per heavy atom. The topological polar surface area (TPSA) is 78.9 Å². The van der Waals surface area contributed by atoms with Gasteiger partial charge in [0.25, 0.3) is 0 Å². The number of hydrogen-bond acceptors (Lipinski definition) is 3. The second-order valence-corrected chi connectivity index (χ2v) is 5.18. The molecule has 0 spiro atoms. The third-order valence-electron chi connectivity index (χ3n) is 3.60. The van der Waals surface area contributed by atoms with Crippen LogP contribution in [-0.4, -0.2) is 43.4 Å². The lowest BCUT2D eigenvalue weighted by molar-refractivity contribution is 0.0697. The molecule has 1 aromatic carbocycles. The molecule has 0 fully saturated rings. The molecule has 1 unspecified atom stereocenters. The third kappa shape index (κ3) is 3.52. The lowest BCUT2D eigenvalue weighted by Gasteiger charge is -2.21. The van der Waals surface area contributed by atoms with Crippen LogP contribution in [0.1, 0.15) is 29.3 Å².